The zero-order valence-corrected chi connectivity index (χ0v) is 17.8. The Morgan fingerprint density at radius 2 is 1.76 bits per heavy atom. The number of amides is 2. The van der Waals surface area contributed by atoms with Crippen molar-refractivity contribution in [1.29, 1.82) is 0 Å². The van der Waals surface area contributed by atoms with E-state index in [1.54, 1.807) is 33.8 Å². The van der Waals surface area contributed by atoms with Crippen LogP contribution in [0.3, 0.4) is 0 Å². The molecule has 0 unspecified atom stereocenters. The molecule has 0 radical (unpaired) electrons. The lowest BCUT2D eigenvalue weighted by molar-refractivity contribution is 0.0633. The normalized spacial score (nSPS) is 17.6. The minimum Gasteiger partial charge on any atom is -0.335 e. The summed E-state index contributed by atoms with van der Waals surface area (Å²) in [6.07, 6.45) is 0. The summed E-state index contributed by atoms with van der Waals surface area (Å²) >= 11 is 12.5. The number of hydrogen-bond donors (Lipinski definition) is 0. The monoisotopic (exact) mass is 435 g/mol. The minimum atomic E-state index is -0.172. The number of piperazine rings is 1. The Balaban J connectivity index is 1.49. The molecule has 9 heteroatoms. The molecule has 154 valence electrons. The molecule has 1 aromatic carbocycles. The highest BCUT2D eigenvalue weighted by Crippen LogP contribution is 2.27. The SMILES string of the molecule is CCN1CCN(C(=O)c2cc3n(n2)CCN(Cc2c(Cl)cccc2Cl)C3=O)CC1. The summed E-state index contributed by atoms with van der Waals surface area (Å²) in [4.78, 5) is 31.7. The number of nitrogens with zero attached hydrogens (tertiary/aromatic N) is 5. The Labute approximate surface area is 179 Å². The zero-order valence-electron chi connectivity index (χ0n) is 16.3. The van der Waals surface area contributed by atoms with Crippen LogP contribution in [0.15, 0.2) is 24.3 Å². The second kappa shape index (κ2) is 8.34. The van der Waals surface area contributed by atoms with Gasteiger partial charge in [0.2, 0.25) is 0 Å². The Hall–Kier alpha value is -2.09. The lowest BCUT2D eigenvalue weighted by Gasteiger charge is -2.33. The molecule has 0 spiro atoms. The van der Waals surface area contributed by atoms with Crippen LogP contribution < -0.4 is 0 Å². The van der Waals surface area contributed by atoms with Crippen LogP contribution in [0.25, 0.3) is 0 Å². The van der Waals surface area contributed by atoms with Gasteiger partial charge in [0.15, 0.2) is 5.69 Å². The first-order valence-corrected chi connectivity index (χ1v) is 10.5. The lowest BCUT2D eigenvalue weighted by atomic mass is 10.1. The number of aromatic nitrogens is 2. The van der Waals surface area contributed by atoms with E-state index >= 15 is 0 Å². The Morgan fingerprint density at radius 3 is 2.41 bits per heavy atom. The molecule has 2 aliphatic rings. The summed E-state index contributed by atoms with van der Waals surface area (Å²) in [5.41, 5.74) is 1.48. The smallest absolute Gasteiger partial charge is 0.274 e. The maximum atomic E-state index is 13.0. The van der Waals surface area contributed by atoms with E-state index in [-0.39, 0.29) is 11.8 Å². The van der Waals surface area contributed by atoms with Gasteiger partial charge in [0, 0.05) is 60.9 Å². The molecule has 1 aromatic heterocycles. The molecule has 4 rings (SSSR count). The largest absolute Gasteiger partial charge is 0.335 e. The topological polar surface area (TPSA) is 61.7 Å². The number of hydrogen-bond acceptors (Lipinski definition) is 4. The first-order valence-electron chi connectivity index (χ1n) is 9.79. The van der Waals surface area contributed by atoms with E-state index in [9.17, 15) is 9.59 Å². The van der Waals surface area contributed by atoms with Crippen molar-refractivity contribution >= 4 is 35.0 Å². The highest BCUT2D eigenvalue weighted by Gasteiger charge is 2.30. The van der Waals surface area contributed by atoms with E-state index in [0.717, 1.165) is 25.2 Å². The summed E-state index contributed by atoms with van der Waals surface area (Å²) in [5, 5.41) is 5.47. The molecular weight excluding hydrogens is 413 g/mol. The number of fused-ring (bicyclic) bond motifs is 1. The van der Waals surface area contributed by atoms with Gasteiger partial charge in [-0.05, 0) is 18.7 Å². The number of likely N-dealkylation sites (N-methyl/N-ethyl adjacent to an activating group) is 1. The van der Waals surface area contributed by atoms with E-state index in [0.29, 0.717) is 54.2 Å². The number of carbonyl (C=O) groups is 2. The second-order valence-electron chi connectivity index (χ2n) is 7.29. The van der Waals surface area contributed by atoms with Crippen LogP contribution in [0.4, 0.5) is 0 Å². The third kappa shape index (κ3) is 3.99. The first-order chi connectivity index (χ1) is 14.0. The van der Waals surface area contributed by atoms with Crippen molar-refractivity contribution in [2.45, 2.75) is 20.0 Å². The molecule has 0 atom stereocenters. The summed E-state index contributed by atoms with van der Waals surface area (Å²) in [7, 11) is 0. The van der Waals surface area contributed by atoms with Crippen LogP contribution in [0.2, 0.25) is 10.0 Å². The Morgan fingerprint density at radius 1 is 1.07 bits per heavy atom. The number of carbonyl (C=O) groups excluding carboxylic acids is 2. The predicted molar refractivity (Wildman–Crippen MR) is 111 cm³/mol. The molecule has 2 amide bonds. The minimum absolute atomic E-state index is 0.115. The highest BCUT2D eigenvalue weighted by molar-refractivity contribution is 6.36. The maximum Gasteiger partial charge on any atom is 0.274 e. The lowest BCUT2D eigenvalue weighted by Crippen LogP contribution is -2.48. The van der Waals surface area contributed by atoms with Gasteiger partial charge < -0.3 is 14.7 Å². The average Bonchev–Trinajstić information content (AvgIpc) is 3.17. The average molecular weight is 436 g/mol. The molecule has 0 aliphatic carbocycles. The summed E-state index contributed by atoms with van der Waals surface area (Å²) in [6.45, 7) is 7.53. The molecule has 0 bridgehead atoms. The van der Waals surface area contributed by atoms with Crippen LogP contribution in [0.5, 0.6) is 0 Å². The predicted octanol–water partition coefficient (Wildman–Crippen LogP) is 2.62. The number of rotatable bonds is 4. The van der Waals surface area contributed by atoms with E-state index in [1.807, 2.05) is 4.90 Å². The van der Waals surface area contributed by atoms with Gasteiger partial charge >= 0.3 is 0 Å². The van der Waals surface area contributed by atoms with Crippen molar-refractivity contribution in [3.8, 4) is 0 Å². The molecule has 0 saturated carbocycles. The fourth-order valence-electron chi connectivity index (χ4n) is 3.80. The second-order valence-corrected chi connectivity index (χ2v) is 8.11. The van der Waals surface area contributed by atoms with Crippen molar-refractivity contribution in [3.63, 3.8) is 0 Å². The molecule has 0 N–H and O–H groups in total. The standard InChI is InChI=1S/C20H23Cl2N5O2/c1-2-24-6-8-25(9-7-24)19(28)17-12-18-20(29)26(10-11-27(18)23-17)13-14-15(21)4-3-5-16(14)22/h3-5,12H,2,6-11,13H2,1H3. The van der Waals surface area contributed by atoms with Gasteiger partial charge in [-0.2, -0.15) is 5.10 Å². The Kier molecular flexibility index (Phi) is 5.81. The third-order valence-electron chi connectivity index (χ3n) is 5.60. The quantitative estimate of drug-likeness (QED) is 0.740. The van der Waals surface area contributed by atoms with Gasteiger partial charge in [0.1, 0.15) is 5.69 Å². The molecule has 1 fully saturated rings. The molecule has 1 saturated heterocycles. The molecule has 29 heavy (non-hydrogen) atoms. The summed E-state index contributed by atoms with van der Waals surface area (Å²) in [5.74, 6) is -0.286. The van der Waals surface area contributed by atoms with Crippen molar-refractivity contribution in [2.75, 3.05) is 39.3 Å². The van der Waals surface area contributed by atoms with Crippen molar-refractivity contribution in [3.05, 3.63) is 51.3 Å². The summed E-state index contributed by atoms with van der Waals surface area (Å²) < 4.78 is 1.63. The highest BCUT2D eigenvalue weighted by atomic mass is 35.5. The van der Waals surface area contributed by atoms with E-state index in [1.165, 1.54) is 0 Å². The van der Waals surface area contributed by atoms with Crippen molar-refractivity contribution in [1.82, 2.24) is 24.5 Å². The van der Waals surface area contributed by atoms with Gasteiger partial charge in [-0.1, -0.05) is 36.2 Å². The van der Waals surface area contributed by atoms with Gasteiger partial charge in [-0.3, -0.25) is 14.3 Å². The van der Waals surface area contributed by atoms with Crippen LogP contribution in [-0.2, 0) is 13.1 Å². The van der Waals surface area contributed by atoms with Crippen molar-refractivity contribution in [2.24, 2.45) is 0 Å². The van der Waals surface area contributed by atoms with Gasteiger partial charge in [-0.15, -0.1) is 0 Å². The maximum absolute atomic E-state index is 13.0. The zero-order chi connectivity index (χ0) is 20.5. The molecular formula is C20H23Cl2N5O2. The van der Waals surface area contributed by atoms with Crippen LogP contribution in [-0.4, -0.2) is 75.6 Å². The van der Waals surface area contributed by atoms with Crippen LogP contribution >= 0.6 is 23.2 Å². The van der Waals surface area contributed by atoms with Crippen LogP contribution in [0.1, 0.15) is 33.5 Å². The van der Waals surface area contributed by atoms with Crippen molar-refractivity contribution < 1.29 is 9.59 Å². The number of benzene rings is 1. The van der Waals surface area contributed by atoms with Crippen LogP contribution in [0, 0.1) is 0 Å². The summed E-state index contributed by atoms with van der Waals surface area (Å²) in [6, 6.07) is 6.91. The Bertz CT molecular complexity index is 917. The van der Waals surface area contributed by atoms with E-state index < -0.39 is 0 Å². The van der Waals surface area contributed by atoms with Gasteiger partial charge in [-0.25, -0.2) is 0 Å². The fourth-order valence-corrected chi connectivity index (χ4v) is 4.31. The van der Waals surface area contributed by atoms with E-state index in [2.05, 4.69) is 16.9 Å². The first kappa shape index (κ1) is 20.2. The molecule has 2 aromatic rings. The van der Waals surface area contributed by atoms with E-state index in [4.69, 9.17) is 23.2 Å². The molecule has 2 aliphatic heterocycles. The third-order valence-corrected chi connectivity index (χ3v) is 6.31. The molecule has 7 nitrogen and oxygen atoms in total. The van der Waals surface area contributed by atoms with Gasteiger partial charge in [0.05, 0.1) is 6.54 Å². The fraction of sp³-hybridized carbons (Fsp3) is 0.450. The van der Waals surface area contributed by atoms with Gasteiger partial charge in [0.25, 0.3) is 11.8 Å². The number of halogens is 2. The molecule has 3 heterocycles.